The third-order valence-electron chi connectivity index (χ3n) is 3.95. The van der Waals surface area contributed by atoms with E-state index >= 15 is 0 Å². The zero-order chi connectivity index (χ0) is 16.1. The summed E-state index contributed by atoms with van der Waals surface area (Å²) in [5, 5.41) is 2.85. The molecule has 3 rings (SSSR count). The van der Waals surface area contributed by atoms with Crippen molar-refractivity contribution in [3.63, 3.8) is 0 Å². The molecule has 1 aliphatic rings. The molecule has 1 aromatic carbocycles. The molecule has 0 atom stereocenters. The van der Waals surface area contributed by atoms with E-state index in [1.54, 1.807) is 24.5 Å². The molecule has 1 N–H and O–H groups in total. The largest absolute Gasteiger partial charge is 0.465 e. The minimum absolute atomic E-state index is 0.172. The fourth-order valence-electron chi connectivity index (χ4n) is 2.55. The van der Waals surface area contributed by atoms with Crippen LogP contribution in [0.4, 0.5) is 11.4 Å². The number of carbonyl (C=O) groups excluding carboxylic acids is 1. The number of carbonyl (C=O) groups is 1. The van der Waals surface area contributed by atoms with Gasteiger partial charge in [0.15, 0.2) is 0 Å². The molecule has 120 valence electrons. The first-order valence-electron chi connectivity index (χ1n) is 7.77. The van der Waals surface area contributed by atoms with Crippen LogP contribution in [0.25, 0.3) is 6.08 Å². The fourth-order valence-corrected chi connectivity index (χ4v) is 2.55. The average molecular weight is 311 g/mol. The van der Waals surface area contributed by atoms with Crippen molar-refractivity contribution in [2.75, 3.05) is 43.4 Å². The van der Waals surface area contributed by atoms with E-state index in [1.807, 2.05) is 12.1 Å². The van der Waals surface area contributed by atoms with Crippen LogP contribution in [0.3, 0.4) is 0 Å². The summed E-state index contributed by atoms with van der Waals surface area (Å²) >= 11 is 0. The number of nitrogens with zero attached hydrogens (tertiary/aromatic N) is 2. The van der Waals surface area contributed by atoms with Crippen LogP contribution in [-0.2, 0) is 4.79 Å². The van der Waals surface area contributed by atoms with Gasteiger partial charge in [-0.1, -0.05) is 0 Å². The quantitative estimate of drug-likeness (QED) is 0.882. The van der Waals surface area contributed by atoms with Gasteiger partial charge in [0.25, 0.3) is 0 Å². The Balaban J connectivity index is 1.56. The summed E-state index contributed by atoms with van der Waals surface area (Å²) < 4.78 is 5.15. The van der Waals surface area contributed by atoms with E-state index < -0.39 is 0 Å². The van der Waals surface area contributed by atoms with Gasteiger partial charge in [-0.2, -0.15) is 0 Å². The van der Waals surface area contributed by atoms with Crippen LogP contribution in [0.1, 0.15) is 5.76 Å². The molecule has 0 spiro atoms. The standard InChI is InChI=1S/C18H21N3O2/c1-20-10-12-21(13-11-20)16-6-4-15(5-7-16)19-18(22)9-8-17-3-2-14-23-17/h2-9,14H,10-13H2,1H3,(H,19,22)/b9-8-. The molecule has 1 saturated heterocycles. The molecule has 5 heteroatoms. The summed E-state index contributed by atoms with van der Waals surface area (Å²) in [5.74, 6) is 0.485. The lowest BCUT2D eigenvalue weighted by Gasteiger charge is -2.34. The molecule has 5 nitrogen and oxygen atoms in total. The van der Waals surface area contributed by atoms with Gasteiger partial charge in [-0.25, -0.2) is 0 Å². The van der Waals surface area contributed by atoms with Gasteiger partial charge < -0.3 is 19.5 Å². The predicted molar refractivity (Wildman–Crippen MR) is 92.5 cm³/mol. The zero-order valence-corrected chi connectivity index (χ0v) is 13.2. The maximum atomic E-state index is 11.9. The van der Waals surface area contributed by atoms with Crippen LogP contribution in [0, 0.1) is 0 Å². The van der Waals surface area contributed by atoms with E-state index in [0.29, 0.717) is 5.76 Å². The van der Waals surface area contributed by atoms with Crippen LogP contribution in [0.15, 0.2) is 53.2 Å². The maximum Gasteiger partial charge on any atom is 0.248 e. The molecule has 0 aliphatic carbocycles. The van der Waals surface area contributed by atoms with E-state index in [0.717, 1.165) is 31.9 Å². The van der Waals surface area contributed by atoms with Gasteiger partial charge in [0, 0.05) is 43.6 Å². The lowest BCUT2D eigenvalue weighted by molar-refractivity contribution is -0.111. The van der Waals surface area contributed by atoms with E-state index in [9.17, 15) is 4.79 Å². The van der Waals surface area contributed by atoms with Crippen LogP contribution in [-0.4, -0.2) is 44.0 Å². The Morgan fingerprint density at radius 2 is 1.87 bits per heavy atom. The summed E-state index contributed by atoms with van der Waals surface area (Å²) in [6.07, 6.45) is 4.69. The summed E-state index contributed by atoms with van der Waals surface area (Å²) in [6.45, 7) is 4.23. The van der Waals surface area contributed by atoms with Crippen molar-refractivity contribution in [2.24, 2.45) is 0 Å². The number of piperazine rings is 1. The summed E-state index contributed by atoms with van der Waals surface area (Å²) in [7, 11) is 2.15. The summed E-state index contributed by atoms with van der Waals surface area (Å²) in [6, 6.07) is 11.6. The number of furan rings is 1. The number of benzene rings is 1. The number of amides is 1. The molecule has 1 aromatic heterocycles. The Kier molecular flexibility index (Phi) is 4.78. The highest BCUT2D eigenvalue weighted by atomic mass is 16.3. The van der Waals surface area contributed by atoms with E-state index in [1.165, 1.54) is 11.8 Å². The zero-order valence-electron chi connectivity index (χ0n) is 13.2. The molecule has 23 heavy (non-hydrogen) atoms. The number of anilines is 2. The monoisotopic (exact) mass is 311 g/mol. The minimum atomic E-state index is -0.172. The van der Waals surface area contributed by atoms with Gasteiger partial charge in [-0.05, 0) is 49.5 Å². The normalized spacial score (nSPS) is 16.0. The van der Waals surface area contributed by atoms with E-state index in [2.05, 4.69) is 34.3 Å². The van der Waals surface area contributed by atoms with Crippen LogP contribution >= 0.6 is 0 Å². The minimum Gasteiger partial charge on any atom is -0.465 e. The molecule has 0 bridgehead atoms. The molecular formula is C18H21N3O2. The molecule has 1 fully saturated rings. The van der Waals surface area contributed by atoms with E-state index in [-0.39, 0.29) is 5.91 Å². The SMILES string of the molecule is CN1CCN(c2ccc(NC(=O)/C=C\c3ccco3)cc2)CC1. The number of rotatable bonds is 4. The van der Waals surface area contributed by atoms with Gasteiger partial charge in [0.1, 0.15) is 5.76 Å². The Morgan fingerprint density at radius 1 is 1.13 bits per heavy atom. The van der Waals surface area contributed by atoms with Crippen LogP contribution in [0.5, 0.6) is 0 Å². The van der Waals surface area contributed by atoms with Crippen molar-refractivity contribution in [2.45, 2.75) is 0 Å². The van der Waals surface area contributed by atoms with Gasteiger partial charge in [-0.3, -0.25) is 4.79 Å². The molecule has 1 aliphatic heterocycles. The predicted octanol–water partition coefficient (Wildman–Crippen LogP) is 2.68. The first-order valence-corrected chi connectivity index (χ1v) is 7.77. The second-order valence-electron chi connectivity index (χ2n) is 5.68. The Morgan fingerprint density at radius 3 is 2.52 bits per heavy atom. The molecule has 0 radical (unpaired) electrons. The molecule has 2 heterocycles. The second-order valence-corrected chi connectivity index (χ2v) is 5.68. The number of likely N-dealkylation sites (N-methyl/N-ethyl adjacent to an activating group) is 1. The Labute approximate surface area is 136 Å². The van der Waals surface area contributed by atoms with Crippen LogP contribution in [0.2, 0.25) is 0 Å². The molecule has 1 amide bonds. The Hall–Kier alpha value is -2.53. The van der Waals surface area contributed by atoms with Gasteiger partial charge in [0.05, 0.1) is 6.26 Å². The fraction of sp³-hybridized carbons (Fsp3) is 0.278. The second kappa shape index (κ2) is 7.15. The van der Waals surface area contributed by atoms with Gasteiger partial charge in [0.2, 0.25) is 5.91 Å². The van der Waals surface area contributed by atoms with Crippen molar-refractivity contribution < 1.29 is 9.21 Å². The van der Waals surface area contributed by atoms with Crippen molar-refractivity contribution in [3.05, 3.63) is 54.5 Å². The number of hydrogen-bond acceptors (Lipinski definition) is 4. The molecule has 0 unspecified atom stereocenters. The molecule has 2 aromatic rings. The lowest BCUT2D eigenvalue weighted by atomic mass is 10.2. The van der Waals surface area contributed by atoms with Crippen LogP contribution < -0.4 is 10.2 Å². The third-order valence-corrected chi connectivity index (χ3v) is 3.95. The van der Waals surface area contributed by atoms with Crippen molar-refractivity contribution in [1.29, 1.82) is 0 Å². The summed E-state index contributed by atoms with van der Waals surface area (Å²) in [5.41, 5.74) is 1.99. The average Bonchev–Trinajstić information content (AvgIpc) is 3.08. The van der Waals surface area contributed by atoms with Crippen molar-refractivity contribution in [3.8, 4) is 0 Å². The van der Waals surface area contributed by atoms with Gasteiger partial charge >= 0.3 is 0 Å². The highest BCUT2D eigenvalue weighted by molar-refractivity contribution is 6.01. The third kappa shape index (κ3) is 4.23. The lowest BCUT2D eigenvalue weighted by Crippen LogP contribution is -2.44. The number of hydrogen-bond donors (Lipinski definition) is 1. The van der Waals surface area contributed by atoms with Crippen molar-refractivity contribution in [1.82, 2.24) is 4.90 Å². The van der Waals surface area contributed by atoms with E-state index in [4.69, 9.17) is 4.42 Å². The molecular weight excluding hydrogens is 290 g/mol. The highest BCUT2D eigenvalue weighted by Crippen LogP contribution is 2.19. The number of nitrogens with one attached hydrogen (secondary N) is 1. The summed E-state index contributed by atoms with van der Waals surface area (Å²) in [4.78, 5) is 16.6. The topological polar surface area (TPSA) is 48.7 Å². The first kappa shape index (κ1) is 15.4. The smallest absolute Gasteiger partial charge is 0.248 e. The van der Waals surface area contributed by atoms with Gasteiger partial charge in [-0.15, -0.1) is 0 Å². The molecule has 0 saturated carbocycles. The first-order chi connectivity index (χ1) is 11.2. The maximum absolute atomic E-state index is 11.9. The van der Waals surface area contributed by atoms with Crippen molar-refractivity contribution >= 4 is 23.4 Å². The highest BCUT2D eigenvalue weighted by Gasteiger charge is 2.13. The Bertz CT molecular complexity index is 654.